The Bertz CT molecular complexity index is 855. The van der Waals surface area contributed by atoms with E-state index in [1.54, 1.807) is 13.3 Å². The molecule has 0 heterocycles. The molecule has 7 nitrogen and oxygen atoms in total. The molecule has 0 bridgehead atoms. The number of hydrogen-bond donors (Lipinski definition) is 0. The molecule has 0 saturated heterocycles. The van der Waals surface area contributed by atoms with Gasteiger partial charge in [-0.05, 0) is 72.0 Å². The van der Waals surface area contributed by atoms with Gasteiger partial charge in [-0.2, -0.15) is 0 Å². The number of carbonyl (C=O) groups excluding carboxylic acids is 2. The molecular formula is C55H113N3O4. The average molecular weight is 881 g/mol. The summed E-state index contributed by atoms with van der Waals surface area (Å²) in [6, 6.07) is 0. The lowest BCUT2D eigenvalue weighted by Gasteiger charge is -2.19. The predicted molar refractivity (Wildman–Crippen MR) is 277 cm³/mol. The molecule has 0 aromatic rings. The highest BCUT2D eigenvalue weighted by atomic mass is 16.5. The van der Waals surface area contributed by atoms with Crippen LogP contribution in [0.4, 0.5) is 0 Å². The van der Waals surface area contributed by atoms with Crippen LogP contribution in [0.25, 0.3) is 0 Å². The number of hydrogen-bond acceptors (Lipinski definition) is 7. The third-order valence-corrected chi connectivity index (χ3v) is 11.2. The lowest BCUT2D eigenvalue weighted by Crippen LogP contribution is -2.24. The van der Waals surface area contributed by atoms with Gasteiger partial charge in [0, 0.05) is 52.3 Å². The molecule has 0 saturated carbocycles. The lowest BCUT2D eigenvalue weighted by molar-refractivity contribution is -0.149. The zero-order valence-corrected chi connectivity index (χ0v) is 43.9. The molecule has 0 amide bonds. The number of aldehydes is 1. The van der Waals surface area contributed by atoms with Gasteiger partial charge in [0.25, 0.3) is 0 Å². The lowest BCUT2D eigenvalue weighted by atomic mass is 9.96. The fraction of sp³-hybridized carbons (Fsp3) is 0.909. The van der Waals surface area contributed by atoms with E-state index in [0.29, 0.717) is 6.61 Å². The summed E-state index contributed by atoms with van der Waals surface area (Å²) < 4.78 is 10.6. The molecule has 0 aliphatic carbocycles. The van der Waals surface area contributed by atoms with E-state index in [1.807, 2.05) is 19.3 Å². The number of nitrogens with zero attached hydrogens (tertiary/aromatic N) is 3. The molecule has 0 radical (unpaired) electrons. The molecule has 0 N–H and O–H groups in total. The molecule has 62 heavy (non-hydrogen) atoms. The fourth-order valence-electron chi connectivity index (χ4n) is 7.11. The average Bonchev–Trinajstić information content (AvgIpc) is 3.27. The third kappa shape index (κ3) is 64.9. The SMILES string of the molecule is CC=N/C=C\N(C)CCCN(C)CCCCCCCOC(=O)C(CCC)CCCCCCCCC.CCCCCC.CCCCCCCCC=O.CCCCCCCCCOC. The van der Waals surface area contributed by atoms with Gasteiger partial charge in [0.2, 0.25) is 0 Å². The zero-order valence-electron chi connectivity index (χ0n) is 43.9. The third-order valence-electron chi connectivity index (χ3n) is 11.2. The van der Waals surface area contributed by atoms with Gasteiger partial charge in [0.1, 0.15) is 6.29 Å². The maximum absolute atomic E-state index is 12.5. The van der Waals surface area contributed by atoms with Crippen molar-refractivity contribution >= 4 is 18.5 Å². The Hall–Kier alpha value is -1.73. The summed E-state index contributed by atoms with van der Waals surface area (Å²) in [7, 11) is 6.09. The topological polar surface area (TPSA) is 71.4 Å². The summed E-state index contributed by atoms with van der Waals surface area (Å²) in [5.74, 6) is 0.172. The predicted octanol–water partition coefficient (Wildman–Crippen LogP) is 16.8. The number of unbranched alkanes of at least 4 members (excludes halogenated alkanes) is 25. The Morgan fingerprint density at radius 2 is 0.952 bits per heavy atom. The minimum atomic E-state index is 0.0543. The molecular weight excluding hydrogens is 767 g/mol. The van der Waals surface area contributed by atoms with Gasteiger partial charge in [-0.3, -0.25) is 9.79 Å². The second-order valence-electron chi connectivity index (χ2n) is 17.7. The molecule has 0 fully saturated rings. The van der Waals surface area contributed by atoms with Gasteiger partial charge in [0.05, 0.1) is 12.5 Å². The number of methoxy groups -OCH3 is 1. The van der Waals surface area contributed by atoms with Crippen molar-refractivity contribution in [1.82, 2.24) is 9.80 Å². The normalized spacial score (nSPS) is 11.5. The second-order valence-corrected chi connectivity index (χ2v) is 17.7. The molecule has 1 atom stereocenters. The van der Waals surface area contributed by atoms with Gasteiger partial charge in [-0.1, -0.05) is 208 Å². The molecule has 0 aliphatic heterocycles. The van der Waals surface area contributed by atoms with Crippen LogP contribution in [-0.4, -0.2) is 82.3 Å². The molecule has 0 aliphatic rings. The Morgan fingerprint density at radius 3 is 1.44 bits per heavy atom. The standard InChI is InChI=1S/C30H59N3O2.C10H22O.C9H18O.C6H14/c1-6-9-10-11-12-14-17-22-29(21-7-2)30(34)35-28-19-16-13-15-18-24-32(4)25-20-26-33(5)27-23-31-8-3;1-3-4-5-6-7-8-9-10-11-2;1-2-3-4-5-6-7-8-9-10;1-3-5-6-4-2/h8,23,27,29H,6-7,9-22,24-26,28H2,1-5H3;3-10H2,1-2H3;9H,2-8H2,1H3;3-6H2,1-2H3/b27-23-,31-8?;;;. The number of ether oxygens (including phenoxy) is 2. The number of carbonyl (C=O) groups is 2. The highest BCUT2D eigenvalue weighted by molar-refractivity contribution is 5.72. The van der Waals surface area contributed by atoms with Crippen LogP contribution in [0.5, 0.6) is 0 Å². The van der Waals surface area contributed by atoms with Gasteiger partial charge in [0.15, 0.2) is 0 Å². The molecule has 0 aromatic carbocycles. The Balaban J connectivity index is -0.000000498. The van der Waals surface area contributed by atoms with Crippen molar-refractivity contribution in [3.63, 3.8) is 0 Å². The minimum absolute atomic E-state index is 0.0543. The summed E-state index contributed by atoms with van der Waals surface area (Å²) in [5.41, 5.74) is 0. The molecule has 1 unspecified atom stereocenters. The van der Waals surface area contributed by atoms with E-state index in [2.05, 4.69) is 70.4 Å². The monoisotopic (exact) mass is 880 g/mol. The van der Waals surface area contributed by atoms with Crippen LogP contribution in [0, 0.1) is 5.92 Å². The molecule has 7 heteroatoms. The van der Waals surface area contributed by atoms with Crippen LogP contribution < -0.4 is 0 Å². The first-order valence-electron chi connectivity index (χ1n) is 26.9. The molecule has 0 spiro atoms. The van der Waals surface area contributed by atoms with Crippen LogP contribution in [0.2, 0.25) is 0 Å². The fourth-order valence-corrected chi connectivity index (χ4v) is 7.11. The summed E-state index contributed by atoms with van der Waals surface area (Å²) >= 11 is 0. The smallest absolute Gasteiger partial charge is 0.308 e. The largest absolute Gasteiger partial charge is 0.465 e. The number of esters is 1. The number of rotatable bonds is 43. The van der Waals surface area contributed by atoms with Crippen LogP contribution in [0.1, 0.15) is 267 Å². The first kappa shape index (κ1) is 66.9. The molecule has 372 valence electrons. The minimum Gasteiger partial charge on any atom is -0.465 e. The van der Waals surface area contributed by atoms with Crippen molar-refractivity contribution in [3.8, 4) is 0 Å². The Kier molecular flexibility index (Phi) is 68.5. The van der Waals surface area contributed by atoms with Crippen molar-refractivity contribution in [3.05, 3.63) is 12.4 Å². The van der Waals surface area contributed by atoms with Crippen LogP contribution in [0.3, 0.4) is 0 Å². The van der Waals surface area contributed by atoms with E-state index >= 15 is 0 Å². The van der Waals surface area contributed by atoms with Crippen molar-refractivity contribution in [2.75, 3.05) is 54.1 Å². The van der Waals surface area contributed by atoms with E-state index in [0.717, 1.165) is 83.9 Å². The van der Waals surface area contributed by atoms with E-state index in [9.17, 15) is 9.59 Å². The van der Waals surface area contributed by atoms with E-state index < -0.39 is 0 Å². The highest BCUT2D eigenvalue weighted by Gasteiger charge is 2.18. The van der Waals surface area contributed by atoms with Crippen molar-refractivity contribution in [1.29, 1.82) is 0 Å². The first-order chi connectivity index (χ1) is 30.3. The Labute approximate surface area is 390 Å². The van der Waals surface area contributed by atoms with E-state index in [1.165, 1.54) is 167 Å². The summed E-state index contributed by atoms with van der Waals surface area (Å²) in [5, 5.41) is 0. The van der Waals surface area contributed by atoms with Crippen molar-refractivity contribution in [2.24, 2.45) is 10.9 Å². The van der Waals surface area contributed by atoms with Crippen molar-refractivity contribution in [2.45, 2.75) is 267 Å². The van der Waals surface area contributed by atoms with Gasteiger partial charge in [-0.25, -0.2) is 0 Å². The van der Waals surface area contributed by atoms with Crippen molar-refractivity contribution < 1.29 is 19.1 Å². The van der Waals surface area contributed by atoms with Gasteiger partial charge >= 0.3 is 5.97 Å². The molecule has 0 rings (SSSR count). The Morgan fingerprint density at radius 1 is 0.516 bits per heavy atom. The summed E-state index contributed by atoms with van der Waals surface area (Å²) in [6.07, 6.45) is 49.4. The second kappa shape index (κ2) is 63.6. The van der Waals surface area contributed by atoms with E-state index in [-0.39, 0.29) is 11.9 Å². The first-order valence-corrected chi connectivity index (χ1v) is 26.9. The molecule has 0 aromatic heterocycles. The van der Waals surface area contributed by atoms with Gasteiger partial charge < -0.3 is 24.1 Å². The van der Waals surface area contributed by atoms with Crippen LogP contribution in [0.15, 0.2) is 17.4 Å². The van der Waals surface area contributed by atoms with Crippen LogP contribution >= 0.6 is 0 Å². The summed E-state index contributed by atoms with van der Waals surface area (Å²) in [6.45, 7) is 20.2. The van der Waals surface area contributed by atoms with E-state index in [4.69, 9.17) is 9.47 Å². The maximum Gasteiger partial charge on any atom is 0.308 e. The highest BCUT2D eigenvalue weighted by Crippen LogP contribution is 2.19. The van der Waals surface area contributed by atoms with Gasteiger partial charge in [-0.15, -0.1) is 0 Å². The maximum atomic E-state index is 12.5. The summed E-state index contributed by atoms with van der Waals surface area (Å²) in [4.78, 5) is 31.1. The van der Waals surface area contributed by atoms with Crippen LogP contribution in [-0.2, 0) is 19.1 Å². The zero-order chi connectivity index (χ0) is 46.8. The number of aliphatic imine (C=N–C) groups is 1. The quantitative estimate of drug-likeness (QED) is 0.0263.